The van der Waals surface area contributed by atoms with Crippen LogP contribution in [-0.4, -0.2) is 0 Å². The molecular weight excluding hydrogens is 328 g/mol. The molecule has 0 saturated heterocycles. The number of hydrogen-bond donors (Lipinski definition) is 2. The van der Waals surface area contributed by atoms with Gasteiger partial charge in [0, 0.05) is 11.4 Å². The van der Waals surface area contributed by atoms with Crippen LogP contribution in [0.1, 0.15) is 22.3 Å². The molecule has 1 unspecified atom stereocenters. The van der Waals surface area contributed by atoms with Crippen molar-refractivity contribution in [2.75, 3.05) is 11.5 Å². The summed E-state index contributed by atoms with van der Waals surface area (Å²) in [5.74, 6) is 0. The van der Waals surface area contributed by atoms with Gasteiger partial charge in [0.1, 0.15) is 0 Å². The van der Waals surface area contributed by atoms with Crippen LogP contribution < -0.4 is 11.5 Å². The number of fused-ring (bicyclic) bond motifs is 3. The highest BCUT2D eigenvalue weighted by molar-refractivity contribution is 5.87. The van der Waals surface area contributed by atoms with Crippen molar-refractivity contribution in [1.82, 2.24) is 0 Å². The lowest BCUT2D eigenvalue weighted by atomic mass is 9.67. The third-order valence-corrected chi connectivity index (χ3v) is 5.51. The van der Waals surface area contributed by atoms with Crippen molar-refractivity contribution in [3.63, 3.8) is 0 Å². The number of hydrogen-bond acceptors (Lipinski definition) is 2. The van der Waals surface area contributed by atoms with Crippen molar-refractivity contribution in [3.8, 4) is 11.1 Å². The molecule has 1 atom stereocenters. The monoisotopic (exact) mass is 347 g/mol. The summed E-state index contributed by atoms with van der Waals surface area (Å²) in [6, 6.07) is 34.8. The molecule has 0 fully saturated rings. The Hall–Kier alpha value is -3.52. The van der Waals surface area contributed by atoms with Crippen LogP contribution >= 0.6 is 0 Å². The lowest BCUT2D eigenvalue weighted by Crippen LogP contribution is -2.28. The summed E-state index contributed by atoms with van der Waals surface area (Å²) in [6.07, 6.45) is 0. The average Bonchev–Trinajstić information content (AvgIpc) is 3.00. The van der Waals surface area contributed by atoms with E-state index in [1.807, 2.05) is 18.2 Å². The third-order valence-electron chi connectivity index (χ3n) is 5.51. The summed E-state index contributed by atoms with van der Waals surface area (Å²) in [7, 11) is 0. The number of rotatable bonds is 2. The van der Waals surface area contributed by atoms with Crippen LogP contribution in [-0.2, 0) is 5.41 Å². The van der Waals surface area contributed by atoms with Crippen LogP contribution in [0.5, 0.6) is 0 Å². The molecular formula is C25H19N2. The Morgan fingerprint density at radius 3 is 2.07 bits per heavy atom. The van der Waals surface area contributed by atoms with Crippen LogP contribution in [0.15, 0.2) is 91.0 Å². The zero-order valence-corrected chi connectivity index (χ0v) is 14.8. The van der Waals surface area contributed by atoms with Gasteiger partial charge in [0.05, 0.1) is 5.41 Å². The second kappa shape index (κ2) is 5.75. The van der Waals surface area contributed by atoms with Crippen LogP contribution in [0, 0.1) is 6.07 Å². The Morgan fingerprint density at radius 1 is 0.630 bits per heavy atom. The normalized spacial score (nSPS) is 17.3. The van der Waals surface area contributed by atoms with Crippen LogP contribution in [0.3, 0.4) is 0 Å². The predicted octanol–water partition coefficient (Wildman–Crippen LogP) is 5.01. The molecule has 2 nitrogen and oxygen atoms in total. The molecule has 0 spiro atoms. The molecule has 4 aromatic rings. The first-order chi connectivity index (χ1) is 13.2. The fourth-order valence-electron chi connectivity index (χ4n) is 4.40. The van der Waals surface area contributed by atoms with Gasteiger partial charge in [0.25, 0.3) is 0 Å². The van der Waals surface area contributed by atoms with E-state index in [-0.39, 0.29) is 0 Å². The van der Waals surface area contributed by atoms with Crippen molar-refractivity contribution in [2.24, 2.45) is 0 Å². The highest BCUT2D eigenvalue weighted by Crippen LogP contribution is 2.56. The predicted molar refractivity (Wildman–Crippen MR) is 111 cm³/mol. The van der Waals surface area contributed by atoms with Gasteiger partial charge in [0.15, 0.2) is 0 Å². The lowest BCUT2D eigenvalue weighted by molar-refractivity contribution is 0.767. The second-order valence-corrected chi connectivity index (χ2v) is 7.01. The quantitative estimate of drug-likeness (QED) is 0.441. The van der Waals surface area contributed by atoms with Crippen LogP contribution in [0.2, 0.25) is 0 Å². The minimum Gasteiger partial charge on any atom is -0.399 e. The summed E-state index contributed by atoms with van der Waals surface area (Å²) >= 11 is 0. The second-order valence-electron chi connectivity index (χ2n) is 7.01. The number of nitrogen functional groups attached to an aromatic ring is 2. The van der Waals surface area contributed by atoms with Crippen molar-refractivity contribution < 1.29 is 0 Å². The van der Waals surface area contributed by atoms with Gasteiger partial charge >= 0.3 is 0 Å². The highest BCUT2D eigenvalue weighted by atomic mass is 14.6. The minimum atomic E-state index is -0.436. The molecule has 0 aliphatic heterocycles. The molecule has 0 bridgehead atoms. The van der Waals surface area contributed by atoms with Gasteiger partial charge in [-0.3, -0.25) is 0 Å². The minimum absolute atomic E-state index is 0.436. The fourth-order valence-corrected chi connectivity index (χ4v) is 4.40. The van der Waals surface area contributed by atoms with Gasteiger partial charge in [-0.15, -0.1) is 0 Å². The molecule has 1 radical (unpaired) electrons. The summed E-state index contributed by atoms with van der Waals surface area (Å²) in [6.45, 7) is 0. The van der Waals surface area contributed by atoms with Crippen molar-refractivity contribution in [2.45, 2.75) is 5.41 Å². The molecule has 0 aromatic heterocycles. The van der Waals surface area contributed by atoms with E-state index < -0.39 is 5.41 Å². The van der Waals surface area contributed by atoms with Crippen LogP contribution in [0.4, 0.5) is 11.4 Å². The zero-order chi connectivity index (χ0) is 18.4. The molecule has 129 valence electrons. The maximum Gasteiger partial charge on any atom is 0.0719 e. The van der Waals surface area contributed by atoms with Crippen molar-refractivity contribution in [3.05, 3.63) is 119 Å². The van der Waals surface area contributed by atoms with E-state index in [4.69, 9.17) is 11.5 Å². The fraction of sp³-hybridized carbons (Fsp3) is 0.0400. The SMILES string of the molecule is Nc1ccc(C2(c3ccccc3)c3[c]cc(N)cc3-c3ccccc32)cc1. The van der Waals surface area contributed by atoms with Crippen molar-refractivity contribution >= 4 is 11.4 Å². The first-order valence-electron chi connectivity index (χ1n) is 9.04. The van der Waals surface area contributed by atoms with Gasteiger partial charge in [-0.25, -0.2) is 0 Å². The molecule has 0 amide bonds. The van der Waals surface area contributed by atoms with Gasteiger partial charge in [0.2, 0.25) is 0 Å². The van der Waals surface area contributed by atoms with Gasteiger partial charge in [-0.1, -0.05) is 66.7 Å². The Kier molecular flexibility index (Phi) is 3.34. The summed E-state index contributed by atoms with van der Waals surface area (Å²) in [5, 5.41) is 0. The van der Waals surface area contributed by atoms with E-state index in [0.29, 0.717) is 0 Å². The Bertz CT molecular complexity index is 1130. The van der Waals surface area contributed by atoms with E-state index >= 15 is 0 Å². The van der Waals surface area contributed by atoms with E-state index in [1.165, 1.54) is 22.3 Å². The van der Waals surface area contributed by atoms with Crippen molar-refractivity contribution in [1.29, 1.82) is 0 Å². The number of nitrogens with two attached hydrogens (primary N) is 2. The van der Waals surface area contributed by atoms with Gasteiger partial charge in [-0.2, -0.15) is 0 Å². The number of anilines is 2. The zero-order valence-electron chi connectivity index (χ0n) is 14.8. The average molecular weight is 347 g/mol. The first-order valence-corrected chi connectivity index (χ1v) is 9.04. The maximum absolute atomic E-state index is 6.13. The lowest BCUT2D eigenvalue weighted by Gasteiger charge is -2.33. The highest BCUT2D eigenvalue weighted by Gasteiger charge is 2.46. The summed E-state index contributed by atoms with van der Waals surface area (Å²) < 4.78 is 0. The Morgan fingerprint density at radius 2 is 1.30 bits per heavy atom. The topological polar surface area (TPSA) is 52.0 Å². The molecule has 1 aliphatic carbocycles. The third kappa shape index (κ3) is 2.13. The molecule has 2 heteroatoms. The molecule has 0 saturated carbocycles. The van der Waals surface area contributed by atoms with Gasteiger partial charge in [-0.05, 0) is 63.7 Å². The van der Waals surface area contributed by atoms with Gasteiger partial charge < -0.3 is 11.5 Å². The van der Waals surface area contributed by atoms with E-state index in [2.05, 4.69) is 78.9 Å². The standard InChI is InChI=1S/C25H19N2/c26-19-12-10-18(11-13-19)25(17-6-2-1-3-7-17)23-9-5-4-8-21(23)22-16-20(27)14-15-24(22)25/h1-14,16H,26-27H2. The molecule has 5 rings (SSSR count). The maximum atomic E-state index is 6.13. The van der Waals surface area contributed by atoms with Crippen LogP contribution in [0.25, 0.3) is 11.1 Å². The molecule has 4 aromatic carbocycles. The van der Waals surface area contributed by atoms with E-state index in [9.17, 15) is 0 Å². The smallest absolute Gasteiger partial charge is 0.0719 e. The van der Waals surface area contributed by atoms with E-state index in [0.717, 1.165) is 22.5 Å². The Labute approximate surface area is 159 Å². The largest absolute Gasteiger partial charge is 0.399 e. The molecule has 0 heterocycles. The molecule has 1 aliphatic rings. The molecule has 27 heavy (non-hydrogen) atoms. The Balaban J connectivity index is 1.96. The molecule has 4 N–H and O–H groups in total. The number of benzene rings is 4. The van der Waals surface area contributed by atoms with E-state index in [1.54, 1.807) is 0 Å². The first kappa shape index (κ1) is 15.7. The summed E-state index contributed by atoms with van der Waals surface area (Å²) in [4.78, 5) is 0. The summed E-state index contributed by atoms with van der Waals surface area (Å²) in [5.41, 5.74) is 20.3.